The first-order chi connectivity index (χ1) is 12.4. The highest BCUT2D eigenvalue weighted by molar-refractivity contribution is 8.14. The summed E-state index contributed by atoms with van der Waals surface area (Å²) in [6.45, 7) is 5.90. The molecule has 142 valence electrons. The minimum atomic E-state index is -0.405. The number of nitro benzene ring substituents is 1. The number of non-ortho nitro benzene ring substituents is 1. The highest BCUT2D eigenvalue weighted by atomic mass is 32.2. The summed E-state index contributed by atoms with van der Waals surface area (Å²) in [5, 5.41) is 22.3. The van der Waals surface area contributed by atoms with Crippen molar-refractivity contribution < 1.29 is 10.0 Å². The van der Waals surface area contributed by atoms with Gasteiger partial charge in [0.1, 0.15) is 0 Å². The molecule has 1 N–H and O–H groups in total. The number of benzene rings is 1. The predicted octanol–water partition coefficient (Wildman–Crippen LogP) is 4.45. The van der Waals surface area contributed by atoms with Gasteiger partial charge in [-0.15, -0.1) is 0 Å². The van der Waals surface area contributed by atoms with Crippen LogP contribution in [-0.4, -0.2) is 44.0 Å². The van der Waals surface area contributed by atoms with Crippen molar-refractivity contribution in [3.05, 3.63) is 33.9 Å². The third-order valence-electron chi connectivity index (χ3n) is 5.30. The minimum absolute atomic E-state index is 0.0856. The van der Waals surface area contributed by atoms with Crippen molar-refractivity contribution in [2.24, 2.45) is 4.99 Å². The molecule has 2 fully saturated rings. The molecule has 1 aromatic carbocycles. The molecule has 0 bridgehead atoms. The van der Waals surface area contributed by atoms with Crippen LogP contribution in [-0.2, 0) is 0 Å². The number of nitro groups is 1. The third-order valence-corrected chi connectivity index (χ3v) is 6.36. The van der Waals surface area contributed by atoms with Crippen LogP contribution in [0.15, 0.2) is 23.2 Å². The lowest BCUT2D eigenvalue weighted by atomic mass is 10.0. The van der Waals surface area contributed by atoms with Crippen LogP contribution in [0.25, 0.3) is 0 Å². The Morgan fingerprint density at radius 1 is 1.31 bits per heavy atom. The molecule has 0 radical (unpaired) electrons. The Morgan fingerprint density at radius 2 is 2.00 bits per heavy atom. The molecule has 7 heteroatoms. The van der Waals surface area contributed by atoms with Crippen molar-refractivity contribution in [2.45, 2.75) is 70.6 Å². The summed E-state index contributed by atoms with van der Waals surface area (Å²) in [4.78, 5) is 18.0. The van der Waals surface area contributed by atoms with E-state index in [0.717, 1.165) is 35.0 Å². The van der Waals surface area contributed by atoms with Gasteiger partial charge in [-0.25, -0.2) is 4.99 Å². The van der Waals surface area contributed by atoms with Crippen LogP contribution in [0.1, 0.15) is 57.9 Å². The van der Waals surface area contributed by atoms with E-state index in [4.69, 9.17) is 4.99 Å². The molecule has 6 nitrogen and oxygen atoms in total. The van der Waals surface area contributed by atoms with Crippen LogP contribution < -0.4 is 0 Å². The third kappa shape index (κ3) is 3.88. The number of aliphatic imine (C=N–C) groups is 1. The highest BCUT2D eigenvalue weighted by Gasteiger charge is 2.39. The van der Waals surface area contributed by atoms with Gasteiger partial charge in [-0.05, 0) is 37.3 Å². The van der Waals surface area contributed by atoms with E-state index < -0.39 is 6.10 Å². The molecule has 1 heterocycles. The van der Waals surface area contributed by atoms with Crippen molar-refractivity contribution in [1.29, 1.82) is 0 Å². The van der Waals surface area contributed by atoms with Crippen LogP contribution in [0.4, 0.5) is 11.4 Å². The SMILES string of the molecule is CC(C)c1cc([N+](=O)[O-])ccc1N=C1SC[C@H](C(C)O)N1C1CCCC1. The molecular weight excluding hydrogens is 350 g/mol. The Morgan fingerprint density at radius 3 is 2.58 bits per heavy atom. The minimum Gasteiger partial charge on any atom is -0.391 e. The van der Waals surface area contributed by atoms with E-state index >= 15 is 0 Å². The number of hydrogen-bond donors (Lipinski definition) is 1. The Labute approximate surface area is 158 Å². The van der Waals surface area contributed by atoms with Crippen molar-refractivity contribution in [3.63, 3.8) is 0 Å². The first-order valence-corrected chi connectivity index (χ1v) is 10.3. The van der Waals surface area contributed by atoms with Crippen molar-refractivity contribution in [1.82, 2.24) is 4.90 Å². The predicted molar refractivity (Wildman–Crippen MR) is 106 cm³/mol. The number of rotatable bonds is 5. The zero-order valence-electron chi connectivity index (χ0n) is 15.6. The molecule has 1 aliphatic heterocycles. The fraction of sp³-hybridized carbons (Fsp3) is 0.632. The molecule has 2 atom stereocenters. The first-order valence-electron chi connectivity index (χ1n) is 9.34. The zero-order valence-corrected chi connectivity index (χ0v) is 16.4. The average Bonchev–Trinajstić information content (AvgIpc) is 3.23. The molecule has 26 heavy (non-hydrogen) atoms. The molecule has 1 aliphatic carbocycles. The molecule has 1 saturated carbocycles. The number of amidine groups is 1. The van der Waals surface area contributed by atoms with E-state index in [1.807, 2.05) is 20.8 Å². The average molecular weight is 378 g/mol. The van der Waals surface area contributed by atoms with E-state index in [-0.39, 0.29) is 22.6 Å². The van der Waals surface area contributed by atoms with Gasteiger partial charge in [0, 0.05) is 23.9 Å². The molecule has 0 spiro atoms. The van der Waals surface area contributed by atoms with Gasteiger partial charge < -0.3 is 10.0 Å². The Hall–Kier alpha value is -1.60. The van der Waals surface area contributed by atoms with Gasteiger partial charge in [-0.1, -0.05) is 38.5 Å². The first kappa shape index (κ1) is 19.2. The van der Waals surface area contributed by atoms with E-state index in [2.05, 4.69) is 4.90 Å². The van der Waals surface area contributed by atoms with Gasteiger partial charge in [0.05, 0.1) is 22.8 Å². The summed E-state index contributed by atoms with van der Waals surface area (Å²) < 4.78 is 0. The van der Waals surface area contributed by atoms with Crippen LogP contribution in [0.3, 0.4) is 0 Å². The summed E-state index contributed by atoms with van der Waals surface area (Å²) in [7, 11) is 0. The Bertz CT molecular complexity index is 699. The van der Waals surface area contributed by atoms with Crippen molar-refractivity contribution >= 4 is 28.3 Å². The maximum Gasteiger partial charge on any atom is 0.269 e. The Kier molecular flexibility index (Phi) is 5.87. The van der Waals surface area contributed by atoms with Gasteiger partial charge in [0.2, 0.25) is 0 Å². The molecule has 1 unspecified atom stereocenters. The lowest BCUT2D eigenvalue weighted by molar-refractivity contribution is -0.384. The van der Waals surface area contributed by atoms with Crippen LogP contribution in [0.5, 0.6) is 0 Å². The summed E-state index contributed by atoms with van der Waals surface area (Å²) in [5.74, 6) is 0.977. The van der Waals surface area contributed by atoms with Crippen LogP contribution >= 0.6 is 11.8 Å². The lowest BCUT2D eigenvalue weighted by Gasteiger charge is -2.33. The van der Waals surface area contributed by atoms with Gasteiger partial charge >= 0.3 is 0 Å². The fourth-order valence-corrected chi connectivity index (χ4v) is 5.21. The lowest BCUT2D eigenvalue weighted by Crippen LogP contribution is -2.46. The number of hydrogen-bond acceptors (Lipinski definition) is 5. The normalized spacial score (nSPS) is 24.0. The highest BCUT2D eigenvalue weighted by Crippen LogP contribution is 2.38. The molecule has 3 rings (SSSR count). The summed E-state index contributed by atoms with van der Waals surface area (Å²) in [6, 6.07) is 5.43. The summed E-state index contributed by atoms with van der Waals surface area (Å²) in [6.07, 6.45) is 4.32. The second-order valence-electron chi connectivity index (χ2n) is 7.51. The van der Waals surface area contributed by atoms with Gasteiger partial charge in [0.15, 0.2) is 5.17 Å². The van der Waals surface area contributed by atoms with Crippen molar-refractivity contribution in [3.8, 4) is 0 Å². The van der Waals surface area contributed by atoms with Gasteiger partial charge in [0.25, 0.3) is 5.69 Å². The van der Waals surface area contributed by atoms with Crippen LogP contribution in [0.2, 0.25) is 0 Å². The van der Waals surface area contributed by atoms with Gasteiger partial charge in [-0.2, -0.15) is 0 Å². The maximum absolute atomic E-state index is 11.1. The monoisotopic (exact) mass is 377 g/mol. The van der Waals surface area contributed by atoms with Crippen LogP contribution in [0, 0.1) is 10.1 Å². The quantitative estimate of drug-likeness (QED) is 0.606. The molecule has 0 amide bonds. The smallest absolute Gasteiger partial charge is 0.269 e. The number of aliphatic hydroxyl groups excluding tert-OH is 1. The zero-order chi connectivity index (χ0) is 18.8. The molecular formula is C19H27N3O3S. The van der Waals surface area contributed by atoms with E-state index in [9.17, 15) is 15.2 Å². The van der Waals surface area contributed by atoms with E-state index in [0.29, 0.717) is 6.04 Å². The molecule has 2 aliphatic rings. The summed E-state index contributed by atoms with van der Waals surface area (Å²) in [5.41, 5.74) is 1.78. The number of aliphatic hydroxyl groups is 1. The molecule has 1 saturated heterocycles. The summed E-state index contributed by atoms with van der Waals surface area (Å²) >= 11 is 1.68. The maximum atomic E-state index is 11.1. The number of nitrogens with zero attached hydrogens (tertiary/aromatic N) is 3. The second kappa shape index (κ2) is 7.96. The van der Waals surface area contributed by atoms with E-state index in [1.54, 1.807) is 23.9 Å². The standard InChI is InChI=1S/C19H27N3O3S/c1-12(2)16-10-15(22(24)25)8-9-17(16)20-19-21(14-6-4-5-7-14)18(11-26-19)13(3)23/h8-10,12-14,18,23H,4-7,11H2,1-3H3/t13?,18-/m1/s1. The van der Waals surface area contributed by atoms with E-state index in [1.165, 1.54) is 18.9 Å². The topological polar surface area (TPSA) is 79.0 Å². The molecule has 0 aromatic heterocycles. The Balaban J connectivity index is 1.98. The molecule has 1 aromatic rings. The number of thioether (sulfide) groups is 1. The second-order valence-corrected chi connectivity index (χ2v) is 8.50. The largest absolute Gasteiger partial charge is 0.391 e. The van der Waals surface area contributed by atoms with Crippen molar-refractivity contribution in [2.75, 3.05) is 5.75 Å². The fourth-order valence-electron chi connectivity index (χ4n) is 3.85. The van der Waals surface area contributed by atoms with Gasteiger partial charge in [-0.3, -0.25) is 10.1 Å².